The van der Waals surface area contributed by atoms with Gasteiger partial charge in [-0.05, 0) is 74.6 Å². The fraction of sp³-hybridized carbons (Fsp3) is 0.300. The number of carbonyl (C=O) groups is 1. The highest BCUT2D eigenvalue weighted by molar-refractivity contribution is 7.80. The molecule has 1 amide bonds. The van der Waals surface area contributed by atoms with Crippen LogP contribution in [0.2, 0.25) is 0 Å². The predicted octanol–water partition coefficient (Wildman–Crippen LogP) is 3.63. The number of methoxy groups -OCH3 is 1. The average molecular weight is 388 g/mol. The first-order valence-electron chi connectivity index (χ1n) is 8.59. The molecule has 2 rings (SSSR count). The summed E-state index contributed by atoms with van der Waals surface area (Å²) in [6.07, 6.45) is 0.0817. The number of hydrogen-bond donors (Lipinski definition) is 2. The van der Waals surface area contributed by atoms with Crippen molar-refractivity contribution in [1.82, 2.24) is 5.32 Å². The van der Waals surface area contributed by atoms with Gasteiger partial charge in [0.05, 0.1) is 12.7 Å². The third-order valence-corrected chi connectivity index (χ3v) is 3.59. The van der Waals surface area contributed by atoms with Crippen molar-refractivity contribution in [3.05, 3.63) is 54.1 Å². The van der Waals surface area contributed by atoms with Crippen molar-refractivity contribution in [2.75, 3.05) is 25.6 Å². The van der Waals surface area contributed by atoms with Crippen LogP contribution in [0.3, 0.4) is 0 Å². The van der Waals surface area contributed by atoms with Gasteiger partial charge in [0.2, 0.25) is 0 Å². The summed E-state index contributed by atoms with van der Waals surface area (Å²) in [5, 5.41) is 5.84. The Kier molecular flexibility index (Phi) is 8.03. The second-order valence-electron chi connectivity index (χ2n) is 5.96. The summed E-state index contributed by atoms with van der Waals surface area (Å²) in [7, 11) is 1.62. The van der Waals surface area contributed by atoms with E-state index in [-0.39, 0.29) is 17.1 Å². The maximum absolute atomic E-state index is 12.3. The smallest absolute Gasteiger partial charge is 0.257 e. The normalized spacial score (nSPS) is 10.4. The minimum Gasteiger partial charge on any atom is -0.491 e. The van der Waals surface area contributed by atoms with Gasteiger partial charge in [-0.25, -0.2) is 0 Å². The number of nitrogens with one attached hydrogen (secondary N) is 2. The van der Waals surface area contributed by atoms with Crippen molar-refractivity contribution in [3.8, 4) is 11.5 Å². The summed E-state index contributed by atoms with van der Waals surface area (Å²) in [5.41, 5.74) is 1.25. The van der Waals surface area contributed by atoms with Gasteiger partial charge in [-0.15, -0.1) is 0 Å². The Bertz CT molecular complexity index is 746. The van der Waals surface area contributed by atoms with Gasteiger partial charge < -0.3 is 19.5 Å². The molecule has 0 saturated heterocycles. The van der Waals surface area contributed by atoms with Gasteiger partial charge in [-0.3, -0.25) is 10.1 Å². The summed E-state index contributed by atoms with van der Waals surface area (Å²) >= 11 is 5.20. The predicted molar refractivity (Wildman–Crippen MR) is 110 cm³/mol. The minimum absolute atomic E-state index is 0.0817. The highest BCUT2D eigenvalue weighted by atomic mass is 32.1. The zero-order valence-corrected chi connectivity index (χ0v) is 16.5. The lowest BCUT2D eigenvalue weighted by molar-refractivity contribution is 0.0977. The third-order valence-electron chi connectivity index (χ3n) is 3.38. The highest BCUT2D eigenvalue weighted by Crippen LogP contribution is 2.16. The van der Waals surface area contributed by atoms with Crippen molar-refractivity contribution in [2.45, 2.75) is 20.0 Å². The molecule has 6 nitrogen and oxygen atoms in total. The number of ether oxygens (including phenoxy) is 3. The first-order valence-corrected chi connectivity index (χ1v) is 8.99. The van der Waals surface area contributed by atoms with Gasteiger partial charge in [0.15, 0.2) is 5.11 Å². The molecule has 7 heteroatoms. The number of benzene rings is 2. The monoisotopic (exact) mass is 388 g/mol. The highest BCUT2D eigenvalue weighted by Gasteiger charge is 2.09. The van der Waals surface area contributed by atoms with E-state index >= 15 is 0 Å². The molecule has 0 radical (unpaired) electrons. The van der Waals surface area contributed by atoms with E-state index in [1.54, 1.807) is 31.4 Å². The Balaban J connectivity index is 1.84. The summed E-state index contributed by atoms with van der Waals surface area (Å²) in [5.74, 6) is 1.16. The van der Waals surface area contributed by atoms with Gasteiger partial charge in [0.25, 0.3) is 5.91 Å². The van der Waals surface area contributed by atoms with Gasteiger partial charge in [-0.2, -0.15) is 0 Å². The van der Waals surface area contributed by atoms with Gasteiger partial charge >= 0.3 is 0 Å². The molecule has 0 heterocycles. The van der Waals surface area contributed by atoms with Crippen LogP contribution < -0.4 is 20.1 Å². The molecule has 0 aliphatic carbocycles. The van der Waals surface area contributed by atoms with Crippen LogP contribution in [0, 0.1) is 0 Å². The van der Waals surface area contributed by atoms with E-state index in [1.807, 2.05) is 38.1 Å². The van der Waals surface area contributed by atoms with E-state index in [0.717, 1.165) is 17.2 Å². The average Bonchev–Trinajstić information content (AvgIpc) is 2.63. The third kappa shape index (κ3) is 7.24. The van der Waals surface area contributed by atoms with Crippen molar-refractivity contribution < 1.29 is 19.0 Å². The SMILES string of the molecule is COCCOc1ccc(NC(=S)NC(=O)c2ccc(OC(C)C)cc2)cc1. The first-order chi connectivity index (χ1) is 13.0. The molecule has 0 aliphatic rings. The number of carbonyl (C=O) groups excluding carboxylic acids is 1. The van der Waals surface area contributed by atoms with E-state index in [0.29, 0.717) is 18.8 Å². The van der Waals surface area contributed by atoms with E-state index in [9.17, 15) is 4.79 Å². The van der Waals surface area contributed by atoms with Gasteiger partial charge in [0.1, 0.15) is 18.1 Å². The Labute approximate surface area is 164 Å². The summed E-state index contributed by atoms with van der Waals surface area (Å²) in [6.45, 7) is 4.91. The quantitative estimate of drug-likeness (QED) is 0.532. The summed E-state index contributed by atoms with van der Waals surface area (Å²) in [6, 6.07) is 14.2. The number of hydrogen-bond acceptors (Lipinski definition) is 5. The zero-order valence-electron chi connectivity index (χ0n) is 15.7. The first kappa shape index (κ1) is 20.7. The van der Waals surface area contributed by atoms with Gasteiger partial charge in [0, 0.05) is 18.4 Å². The summed E-state index contributed by atoms with van der Waals surface area (Å²) < 4.78 is 16.0. The molecule has 0 unspecified atom stereocenters. The van der Waals surface area contributed by atoms with Crippen molar-refractivity contribution in [2.24, 2.45) is 0 Å². The van der Waals surface area contributed by atoms with Crippen LogP contribution in [0.1, 0.15) is 24.2 Å². The molecule has 0 saturated carbocycles. The second kappa shape index (κ2) is 10.5. The molecule has 0 atom stereocenters. The molecule has 0 bridgehead atoms. The van der Waals surface area contributed by atoms with E-state index in [1.165, 1.54) is 0 Å². The molecule has 2 N–H and O–H groups in total. The van der Waals surface area contributed by atoms with E-state index < -0.39 is 0 Å². The number of thiocarbonyl (C=S) groups is 1. The number of amides is 1. The standard InChI is InChI=1S/C20H24N2O4S/c1-14(2)26-18-8-4-15(5-9-18)19(23)22-20(27)21-16-6-10-17(11-7-16)25-13-12-24-3/h4-11,14H,12-13H2,1-3H3,(H2,21,22,23,27). The minimum atomic E-state index is -0.289. The molecular formula is C20H24N2O4S. The maximum atomic E-state index is 12.3. The van der Waals surface area contributed by atoms with Crippen LogP contribution in [0.25, 0.3) is 0 Å². The largest absolute Gasteiger partial charge is 0.491 e. The van der Waals surface area contributed by atoms with Gasteiger partial charge in [-0.1, -0.05) is 0 Å². The van der Waals surface area contributed by atoms with Crippen LogP contribution >= 0.6 is 12.2 Å². The van der Waals surface area contributed by atoms with E-state index in [4.69, 9.17) is 26.4 Å². The van der Waals surface area contributed by atoms with Crippen molar-refractivity contribution >= 4 is 28.9 Å². The number of rotatable bonds is 8. The van der Waals surface area contributed by atoms with Crippen LogP contribution in [0.4, 0.5) is 5.69 Å². The Morgan fingerprint density at radius 2 is 1.63 bits per heavy atom. The van der Waals surface area contributed by atoms with Crippen LogP contribution in [0.15, 0.2) is 48.5 Å². The molecule has 0 aliphatic heterocycles. The second-order valence-corrected chi connectivity index (χ2v) is 6.37. The van der Waals surface area contributed by atoms with Crippen LogP contribution in [-0.4, -0.2) is 37.4 Å². The zero-order chi connectivity index (χ0) is 19.6. The van der Waals surface area contributed by atoms with Crippen LogP contribution in [-0.2, 0) is 4.74 Å². The Hall–Kier alpha value is -2.64. The fourth-order valence-electron chi connectivity index (χ4n) is 2.17. The molecular weight excluding hydrogens is 364 g/mol. The summed E-state index contributed by atoms with van der Waals surface area (Å²) in [4.78, 5) is 12.3. The Morgan fingerprint density at radius 3 is 2.22 bits per heavy atom. The lowest BCUT2D eigenvalue weighted by atomic mass is 10.2. The van der Waals surface area contributed by atoms with Crippen molar-refractivity contribution in [1.29, 1.82) is 0 Å². The van der Waals surface area contributed by atoms with Crippen LogP contribution in [0.5, 0.6) is 11.5 Å². The maximum Gasteiger partial charge on any atom is 0.257 e. The molecule has 2 aromatic carbocycles. The molecule has 144 valence electrons. The number of anilines is 1. The Morgan fingerprint density at radius 1 is 1.00 bits per heavy atom. The van der Waals surface area contributed by atoms with Crippen molar-refractivity contribution in [3.63, 3.8) is 0 Å². The topological polar surface area (TPSA) is 68.8 Å². The fourth-order valence-corrected chi connectivity index (χ4v) is 2.38. The molecule has 0 spiro atoms. The molecule has 0 fully saturated rings. The lowest BCUT2D eigenvalue weighted by Crippen LogP contribution is -2.34. The van der Waals surface area contributed by atoms with E-state index in [2.05, 4.69) is 10.6 Å². The molecule has 27 heavy (non-hydrogen) atoms. The lowest BCUT2D eigenvalue weighted by Gasteiger charge is -2.12. The molecule has 2 aromatic rings. The molecule has 0 aromatic heterocycles.